The molecule has 0 radical (unpaired) electrons. The Morgan fingerprint density at radius 2 is 0.732 bits per heavy atom. The molecule has 0 spiro atoms. The lowest BCUT2D eigenvalue weighted by Gasteiger charge is -2.17. The molecule has 0 bridgehead atoms. The van der Waals surface area contributed by atoms with E-state index >= 15 is 4.39 Å². The molecule has 0 N–H and O–H groups in total. The summed E-state index contributed by atoms with van der Waals surface area (Å²) < 4.78 is 18.1. The largest absolute Gasteiger partial charge is 0.309 e. The average Bonchev–Trinajstić information content (AvgIpc) is 3.60. The van der Waals surface area contributed by atoms with Crippen LogP contribution in [0.1, 0.15) is 0 Å². The van der Waals surface area contributed by atoms with Gasteiger partial charge in [0.2, 0.25) is 0 Å². The average molecular weight is 721 g/mol. The van der Waals surface area contributed by atoms with Gasteiger partial charge in [0, 0.05) is 38.6 Å². The van der Waals surface area contributed by atoms with Crippen LogP contribution in [-0.2, 0) is 0 Å². The first-order valence-electron chi connectivity index (χ1n) is 18.6. The van der Waals surface area contributed by atoms with Crippen molar-refractivity contribution < 1.29 is 4.39 Å². The Balaban J connectivity index is 1.26. The molecule has 56 heavy (non-hydrogen) atoms. The van der Waals surface area contributed by atoms with Gasteiger partial charge in [-0.3, -0.25) is 0 Å². The van der Waals surface area contributed by atoms with Crippen LogP contribution in [0, 0.1) is 5.82 Å². The smallest absolute Gasteiger partial charge is 0.164 e. The normalized spacial score (nSPS) is 11.3. The van der Waals surface area contributed by atoms with Crippen LogP contribution >= 0.6 is 0 Å². The van der Waals surface area contributed by atoms with Gasteiger partial charge in [-0.1, -0.05) is 164 Å². The van der Waals surface area contributed by atoms with Gasteiger partial charge < -0.3 is 4.57 Å². The molecule has 0 aliphatic carbocycles. The summed E-state index contributed by atoms with van der Waals surface area (Å²) in [6.45, 7) is 0. The first-order valence-corrected chi connectivity index (χ1v) is 18.6. The van der Waals surface area contributed by atoms with Crippen LogP contribution in [0.15, 0.2) is 200 Å². The van der Waals surface area contributed by atoms with E-state index in [-0.39, 0.29) is 5.82 Å². The van der Waals surface area contributed by atoms with Crippen molar-refractivity contribution in [3.8, 4) is 73.2 Å². The highest BCUT2D eigenvalue weighted by molar-refractivity contribution is 6.12. The lowest BCUT2D eigenvalue weighted by molar-refractivity contribution is 0.631. The summed E-state index contributed by atoms with van der Waals surface area (Å²) >= 11 is 0. The minimum atomic E-state index is -0.294. The maximum atomic E-state index is 15.9. The van der Waals surface area contributed by atoms with Crippen molar-refractivity contribution in [2.75, 3.05) is 0 Å². The predicted octanol–water partition coefficient (Wildman–Crippen LogP) is 13.1. The zero-order valence-corrected chi connectivity index (χ0v) is 30.2. The third-order valence-electron chi connectivity index (χ3n) is 10.3. The molecule has 0 aliphatic rings. The van der Waals surface area contributed by atoms with Crippen LogP contribution < -0.4 is 0 Å². The Labute approximate surface area is 323 Å². The molecular weight excluding hydrogens is 688 g/mol. The zero-order valence-electron chi connectivity index (χ0n) is 30.2. The SMILES string of the molecule is Fc1ccccc1-c1ccc(-c2nc(-c3ccccc3)nc(-c3ccccc3)n2)cc1-n1c2ccc(-c3ccccc3)cc2c2cc(-c3ccccc3)ccc21. The van der Waals surface area contributed by atoms with Crippen LogP contribution in [0.25, 0.3) is 95.0 Å². The molecule has 0 saturated carbocycles. The maximum Gasteiger partial charge on any atom is 0.164 e. The van der Waals surface area contributed by atoms with E-state index < -0.39 is 0 Å². The third kappa shape index (κ3) is 6.02. The molecule has 0 aliphatic heterocycles. The molecule has 0 saturated heterocycles. The van der Waals surface area contributed by atoms with Gasteiger partial charge in [0.15, 0.2) is 17.5 Å². The third-order valence-corrected chi connectivity index (χ3v) is 10.3. The van der Waals surface area contributed by atoms with Gasteiger partial charge in [0.05, 0.1) is 16.7 Å². The second kappa shape index (κ2) is 14.0. The van der Waals surface area contributed by atoms with E-state index in [9.17, 15) is 0 Å². The number of hydrogen-bond donors (Lipinski definition) is 0. The highest BCUT2D eigenvalue weighted by atomic mass is 19.1. The minimum absolute atomic E-state index is 0.294. The Morgan fingerprint density at radius 1 is 0.321 bits per heavy atom. The number of benzene rings is 8. The van der Waals surface area contributed by atoms with Crippen molar-refractivity contribution in [2.24, 2.45) is 0 Å². The van der Waals surface area contributed by atoms with Crippen molar-refractivity contribution in [3.63, 3.8) is 0 Å². The van der Waals surface area contributed by atoms with Gasteiger partial charge in [0.1, 0.15) is 5.82 Å². The summed E-state index contributed by atoms with van der Waals surface area (Å²) in [5.41, 5.74) is 11.2. The standard InChI is InChI=1S/C51H33FN4/c52-45-24-14-13-23-41(45)42-28-25-40(51-54-49(36-19-9-3-10-20-36)53-50(55-51)37-21-11-4-12-22-37)33-48(42)56-46-29-26-38(34-15-5-1-6-16-34)31-43(46)44-32-39(27-30-47(44)56)35-17-7-2-8-18-35/h1-33H. The molecule has 0 fully saturated rings. The fourth-order valence-corrected chi connectivity index (χ4v) is 7.60. The number of nitrogens with zero attached hydrogens (tertiary/aromatic N) is 4. The Kier molecular flexibility index (Phi) is 8.30. The van der Waals surface area contributed by atoms with E-state index in [4.69, 9.17) is 15.0 Å². The molecule has 2 heterocycles. The van der Waals surface area contributed by atoms with Crippen LogP contribution in [0.2, 0.25) is 0 Å². The molecule has 264 valence electrons. The molecule has 10 aromatic rings. The van der Waals surface area contributed by atoms with E-state index in [2.05, 4.69) is 95.6 Å². The molecular formula is C51H33FN4. The Hall–Kier alpha value is -7.50. The second-order valence-corrected chi connectivity index (χ2v) is 13.8. The summed E-state index contributed by atoms with van der Waals surface area (Å²) in [5, 5.41) is 2.20. The number of hydrogen-bond acceptors (Lipinski definition) is 3. The fourth-order valence-electron chi connectivity index (χ4n) is 7.60. The predicted molar refractivity (Wildman–Crippen MR) is 227 cm³/mol. The molecule has 5 heteroatoms. The van der Waals surface area contributed by atoms with Crippen LogP contribution in [0.5, 0.6) is 0 Å². The summed E-state index contributed by atoms with van der Waals surface area (Å²) in [5.74, 6) is 1.39. The number of rotatable bonds is 7. The number of aromatic nitrogens is 4. The molecule has 0 amide bonds. The molecule has 8 aromatic carbocycles. The van der Waals surface area contributed by atoms with E-state index in [1.54, 1.807) is 6.07 Å². The van der Waals surface area contributed by atoms with Gasteiger partial charge in [-0.05, 0) is 58.7 Å². The molecule has 2 aromatic heterocycles. The first kappa shape index (κ1) is 33.1. The van der Waals surface area contributed by atoms with Gasteiger partial charge in [-0.15, -0.1) is 0 Å². The summed E-state index contributed by atoms with van der Waals surface area (Å²) in [4.78, 5) is 15.0. The van der Waals surface area contributed by atoms with Crippen LogP contribution in [0.4, 0.5) is 4.39 Å². The summed E-state index contributed by atoms with van der Waals surface area (Å²) in [7, 11) is 0. The van der Waals surface area contributed by atoms with E-state index in [0.717, 1.165) is 72.0 Å². The summed E-state index contributed by atoms with van der Waals surface area (Å²) in [6, 6.07) is 67.1. The van der Waals surface area contributed by atoms with Crippen molar-refractivity contribution in [1.82, 2.24) is 19.5 Å². The first-order chi connectivity index (χ1) is 27.7. The van der Waals surface area contributed by atoms with Gasteiger partial charge in [0.25, 0.3) is 0 Å². The van der Waals surface area contributed by atoms with Crippen molar-refractivity contribution >= 4 is 21.8 Å². The topological polar surface area (TPSA) is 43.6 Å². The van der Waals surface area contributed by atoms with Crippen LogP contribution in [-0.4, -0.2) is 19.5 Å². The van der Waals surface area contributed by atoms with Crippen molar-refractivity contribution in [3.05, 3.63) is 206 Å². The zero-order chi connectivity index (χ0) is 37.4. The highest BCUT2D eigenvalue weighted by Gasteiger charge is 2.21. The van der Waals surface area contributed by atoms with Crippen molar-refractivity contribution in [1.29, 1.82) is 0 Å². The highest BCUT2D eigenvalue weighted by Crippen LogP contribution is 2.41. The molecule has 0 unspecified atom stereocenters. The minimum Gasteiger partial charge on any atom is -0.309 e. The maximum absolute atomic E-state index is 15.9. The van der Waals surface area contributed by atoms with Crippen molar-refractivity contribution in [2.45, 2.75) is 0 Å². The molecule has 0 atom stereocenters. The fraction of sp³-hybridized carbons (Fsp3) is 0. The second-order valence-electron chi connectivity index (χ2n) is 13.8. The van der Waals surface area contributed by atoms with Gasteiger partial charge in [-0.25, -0.2) is 19.3 Å². The van der Waals surface area contributed by atoms with E-state index in [1.165, 1.54) is 6.07 Å². The lowest BCUT2D eigenvalue weighted by atomic mass is 9.99. The van der Waals surface area contributed by atoms with E-state index in [1.807, 2.05) is 97.1 Å². The molecule has 10 rings (SSSR count). The monoisotopic (exact) mass is 720 g/mol. The summed E-state index contributed by atoms with van der Waals surface area (Å²) in [6.07, 6.45) is 0. The van der Waals surface area contributed by atoms with Gasteiger partial charge >= 0.3 is 0 Å². The van der Waals surface area contributed by atoms with Gasteiger partial charge in [-0.2, -0.15) is 0 Å². The quantitative estimate of drug-likeness (QED) is 0.165. The Morgan fingerprint density at radius 3 is 1.21 bits per heavy atom. The van der Waals surface area contributed by atoms with E-state index in [0.29, 0.717) is 23.0 Å². The lowest BCUT2D eigenvalue weighted by Crippen LogP contribution is -2.02. The molecule has 4 nitrogen and oxygen atoms in total. The van der Waals surface area contributed by atoms with Crippen LogP contribution in [0.3, 0.4) is 0 Å². The Bertz CT molecular complexity index is 2860. The number of fused-ring (bicyclic) bond motifs is 3. The number of halogens is 1.